The van der Waals surface area contributed by atoms with Crippen molar-refractivity contribution >= 4 is 29.6 Å². The van der Waals surface area contributed by atoms with E-state index in [9.17, 15) is 9.59 Å². The summed E-state index contributed by atoms with van der Waals surface area (Å²) in [7, 11) is 1.30. The first-order valence-electron chi connectivity index (χ1n) is 5.07. The van der Waals surface area contributed by atoms with Crippen LogP contribution in [0.4, 0.5) is 5.95 Å². The van der Waals surface area contributed by atoms with Gasteiger partial charge in [0.05, 0.1) is 19.3 Å². The third-order valence-electron chi connectivity index (χ3n) is 2.15. The Labute approximate surface area is 108 Å². The van der Waals surface area contributed by atoms with Crippen LogP contribution in [0.15, 0.2) is 5.16 Å². The molecule has 0 aliphatic carbocycles. The summed E-state index contributed by atoms with van der Waals surface area (Å²) in [5, 5.41) is 16.4. The van der Waals surface area contributed by atoms with E-state index in [1.807, 2.05) is 0 Å². The first kappa shape index (κ1) is 14.3. The molecule has 0 radical (unpaired) electrons. The van der Waals surface area contributed by atoms with Gasteiger partial charge in [-0.15, -0.1) is 10.2 Å². The minimum atomic E-state index is -0.964. The molecule has 1 atom stereocenters. The number of methoxy groups -OCH3 is 1. The Balaban J connectivity index is 2.82. The number of rotatable bonds is 6. The number of nitrogens with two attached hydrogens (primary N) is 1. The van der Waals surface area contributed by atoms with Crippen molar-refractivity contribution in [2.45, 2.75) is 24.5 Å². The van der Waals surface area contributed by atoms with Gasteiger partial charge in [0.1, 0.15) is 0 Å². The summed E-state index contributed by atoms with van der Waals surface area (Å²) >= 11 is 0.997. The van der Waals surface area contributed by atoms with Gasteiger partial charge in [0.25, 0.3) is 0 Å². The van der Waals surface area contributed by atoms with Crippen LogP contribution in [0.25, 0.3) is 0 Å². The van der Waals surface area contributed by atoms with Crippen LogP contribution in [0.2, 0.25) is 0 Å². The topological polar surface area (TPSA) is 120 Å². The number of aromatic nitrogens is 3. The smallest absolute Gasteiger partial charge is 0.313 e. The van der Waals surface area contributed by atoms with Crippen LogP contribution in [0.3, 0.4) is 0 Å². The average Bonchev–Trinajstić information content (AvgIpc) is 2.67. The van der Waals surface area contributed by atoms with Crippen LogP contribution in [0, 0.1) is 0 Å². The quantitative estimate of drug-likeness (QED) is 0.556. The van der Waals surface area contributed by atoms with Crippen LogP contribution >= 0.6 is 11.8 Å². The van der Waals surface area contributed by atoms with E-state index >= 15 is 0 Å². The molecule has 0 saturated carbocycles. The van der Waals surface area contributed by atoms with Gasteiger partial charge in [-0.3, -0.25) is 14.2 Å². The van der Waals surface area contributed by atoms with Gasteiger partial charge >= 0.3 is 11.9 Å². The Morgan fingerprint density at radius 1 is 1.56 bits per heavy atom. The second kappa shape index (κ2) is 6.24. The number of ether oxygens (including phenoxy) is 1. The molecule has 0 aromatic carbocycles. The first-order valence-corrected chi connectivity index (χ1v) is 6.06. The number of carbonyl (C=O) groups is 2. The summed E-state index contributed by atoms with van der Waals surface area (Å²) in [6, 6.07) is -0.302. The number of hydrogen-bond acceptors (Lipinski definition) is 7. The second-order valence-corrected chi connectivity index (χ2v) is 4.46. The third-order valence-corrected chi connectivity index (χ3v) is 3.07. The number of aliphatic carboxylic acids is 1. The normalized spacial score (nSPS) is 12.1. The fourth-order valence-corrected chi connectivity index (χ4v) is 2.11. The minimum Gasteiger partial charge on any atom is -0.481 e. The van der Waals surface area contributed by atoms with E-state index in [0.29, 0.717) is 5.16 Å². The van der Waals surface area contributed by atoms with Crippen molar-refractivity contribution in [3.05, 3.63) is 0 Å². The Morgan fingerprint density at radius 2 is 2.22 bits per heavy atom. The number of nitrogen functional groups attached to an aromatic ring is 1. The van der Waals surface area contributed by atoms with Gasteiger partial charge in [-0.25, -0.2) is 0 Å². The molecule has 1 aromatic heterocycles. The van der Waals surface area contributed by atoms with Gasteiger partial charge in [0, 0.05) is 6.04 Å². The molecular formula is C9H14N4O4S. The van der Waals surface area contributed by atoms with E-state index in [-0.39, 0.29) is 30.1 Å². The molecule has 0 saturated heterocycles. The molecule has 0 spiro atoms. The molecule has 8 nitrogen and oxygen atoms in total. The molecule has 1 heterocycles. The number of hydrogen-bond donors (Lipinski definition) is 2. The summed E-state index contributed by atoms with van der Waals surface area (Å²) < 4.78 is 6.08. The lowest BCUT2D eigenvalue weighted by Crippen LogP contribution is -2.15. The van der Waals surface area contributed by atoms with Crippen molar-refractivity contribution in [3.8, 4) is 0 Å². The molecular weight excluding hydrogens is 260 g/mol. The molecule has 18 heavy (non-hydrogen) atoms. The molecule has 1 aromatic rings. The fourth-order valence-electron chi connectivity index (χ4n) is 1.34. The second-order valence-electron chi connectivity index (χ2n) is 3.52. The standard InChI is InChI=1S/C9H14N4O4S/c1-5(3-7(16)17-2)13-8(10)11-12-9(13)18-4-6(14)15/h5H,3-4H2,1-2H3,(H2,10,11)(H,14,15). The molecule has 9 heteroatoms. The highest BCUT2D eigenvalue weighted by atomic mass is 32.2. The highest BCUT2D eigenvalue weighted by Gasteiger charge is 2.19. The zero-order chi connectivity index (χ0) is 13.7. The van der Waals surface area contributed by atoms with Crippen molar-refractivity contribution in [2.75, 3.05) is 18.6 Å². The van der Waals surface area contributed by atoms with Gasteiger partial charge < -0.3 is 15.6 Å². The monoisotopic (exact) mass is 274 g/mol. The summed E-state index contributed by atoms with van der Waals surface area (Å²) in [5.41, 5.74) is 5.64. The van der Waals surface area contributed by atoms with Gasteiger partial charge in [0.15, 0.2) is 5.16 Å². The zero-order valence-electron chi connectivity index (χ0n) is 9.99. The van der Waals surface area contributed by atoms with E-state index < -0.39 is 5.97 Å². The average molecular weight is 274 g/mol. The van der Waals surface area contributed by atoms with Crippen molar-refractivity contribution in [1.29, 1.82) is 0 Å². The molecule has 0 aliphatic heterocycles. The van der Waals surface area contributed by atoms with E-state index in [1.54, 1.807) is 6.92 Å². The first-order chi connectivity index (χ1) is 8.45. The molecule has 1 unspecified atom stereocenters. The van der Waals surface area contributed by atoms with Gasteiger partial charge in [-0.1, -0.05) is 11.8 Å². The van der Waals surface area contributed by atoms with E-state index in [0.717, 1.165) is 11.8 Å². The zero-order valence-corrected chi connectivity index (χ0v) is 10.8. The molecule has 0 bridgehead atoms. The van der Waals surface area contributed by atoms with Gasteiger partial charge in [-0.05, 0) is 6.92 Å². The van der Waals surface area contributed by atoms with Crippen LogP contribution in [0.1, 0.15) is 19.4 Å². The molecule has 0 fully saturated rings. The lowest BCUT2D eigenvalue weighted by molar-refractivity contribution is -0.141. The van der Waals surface area contributed by atoms with Crippen LogP contribution in [-0.4, -0.2) is 44.7 Å². The highest BCUT2D eigenvalue weighted by molar-refractivity contribution is 7.99. The molecule has 0 aliphatic rings. The largest absolute Gasteiger partial charge is 0.481 e. The fraction of sp³-hybridized carbons (Fsp3) is 0.556. The maximum absolute atomic E-state index is 11.2. The summed E-state index contributed by atoms with van der Waals surface area (Å²) in [6.07, 6.45) is 0.110. The molecule has 1 rings (SSSR count). The number of carbonyl (C=O) groups excluding carboxylic acids is 1. The third kappa shape index (κ3) is 3.62. The van der Waals surface area contributed by atoms with Crippen LogP contribution in [-0.2, 0) is 14.3 Å². The maximum atomic E-state index is 11.2. The maximum Gasteiger partial charge on any atom is 0.313 e. The number of esters is 1. The molecule has 0 amide bonds. The Hall–Kier alpha value is -1.77. The predicted molar refractivity (Wildman–Crippen MR) is 64.1 cm³/mol. The van der Waals surface area contributed by atoms with E-state index in [4.69, 9.17) is 10.8 Å². The lowest BCUT2D eigenvalue weighted by Gasteiger charge is -2.14. The van der Waals surface area contributed by atoms with Crippen LogP contribution < -0.4 is 5.73 Å². The van der Waals surface area contributed by atoms with Gasteiger partial charge in [0.2, 0.25) is 5.95 Å². The number of thioether (sulfide) groups is 1. The Bertz CT molecular complexity index is 448. The Kier molecular flexibility index (Phi) is 4.95. The number of nitrogens with zero attached hydrogens (tertiary/aromatic N) is 3. The van der Waals surface area contributed by atoms with Crippen molar-refractivity contribution in [3.63, 3.8) is 0 Å². The number of carboxylic acid groups (broad SMARTS) is 1. The highest BCUT2D eigenvalue weighted by Crippen LogP contribution is 2.24. The Morgan fingerprint density at radius 3 is 2.78 bits per heavy atom. The van der Waals surface area contributed by atoms with E-state index in [1.165, 1.54) is 11.7 Å². The van der Waals surface area contributed by atoms with Crippen molar-refractivity contribution in [2.24, 2.45) is 0 Å². The molecule has 100 valence electrons. The van der Waals surface area contributed by atoms with Gasteiger partial charge in [-0.2, -0.15) is 0 Å². The summed E-state index contributed by atoms with van der Waals surface area (Å²) in [5.74, 6) is -1.36. The minimum absolute atomic E-state index is 0.110. The van der Waals surface area contributed by atoms with Crippen LogP contribution in [0.5, 0.6) is 0 Å². The number of anilines is 1. The predicted octanol–water partition coefficient (Wildman–Crippen LogP) is 0.161. The lowest BCUT2D eigenvalue weighted by atomic mass is 10.2. The van der Waals surface area contributed by atoms with Crippen molar-refractivity contribution < 1.29 is 19.4 Å². The van der Waals surface area contributed by atoms with Crippen molar-refractivity contribution in [1.82, 2.24) is 14.8 Å². The summed E-state index contributed by atoms with van der Waals surface area (Å²) in [4.78, 5) is 21.7. The summed E-state index contributed by atoms with van der Waals surface area (Å²) in [6.45, 7) is 1.75. The van der Waals surface area contributed by atoms with E-state index in [2.05, 4.69) is 14.9 Å². The SMILES string of the molecule is COC(=O)CC(C)n1c(N)nnc1SCC(=O)O. The molecule has 3 N–H and O–H groups in total. The number of carboxylic acids is 1.